The highest BCUT2D eigenvalue weighted by molar-refractivity contribution is 5.87. The molecule has 2 aromatic heterocycles. The van der Waals surface area contributed by atoms with Crippen molar-refractivity contribution in [2.24, 2.45) is 7.05 Å². The van der Waals surface area contributed by atoms with Gasteiger partial charge in [-0.1, -0.05) is 0 Å². The summed E-state index contributed by atoms with van der Waals surface area (Å²) in [4.78, 5) is 11.4. The fourth-order valence-electron chi connectivity index (χ4n) is 1.65. The third-order valence-electron chi connectivity index (χ3n) is 2.52. The molecule has 0 radical (unpaired) electrons. The molecule has 2 heterocycles. The lowest BCUT2D eigenvalue weighted by atomic mass is 10.2. The summed E-state index contributed by atoms with van der Waals surface area (Å²) in [5.74, 6) is -0.214. The van der Waals surface area contributed by atoms with E-state index >= 15 is 0 Å². The van der Waals surface area contributed by atoms with Gasteiger partial charge in [0.15, 0.2) is 0 Å². The van der Waals surface area contributed by atoms with Crippen LogP contribution in [-0.2, 0) is 24.9 Å². The van der Waals surface area contributed by atoms with Crippen molar-refractivity contribution in [3.8, 4) is 0 Å². The Morgan fingerprint density at radius 2 is 2.39 bits per heavy atom. The Morgan fingerprint density at radius 1 is 1.56 bits per heavy atom. The van der Waals surface area contributed by atoms with E-state index in [4.69, 9.17) is 4.42 Å². The number of aryl methyl sites for hydroxylation is 1. The summed E-state index contributed by atoms with van der Waals surface area (Å²) >= 11 is 0. The maximum absolute atomic E-state index is 11.4. The lowest BCUT2D eigenvalue weighted by molar-refractivity contribution is 0.0563. The number of methoxy groups -OCH3 is 1. The summed E-state index contributed by atoms with van der Waals surface area (Å²) in [5, 5.41) is 7.29. The van der Waals surface area contributed by atoms with Crippen molar-refractivity contribution in [3.63, 3.8) is 0 Å². The number of nitrogens with one attached hydrogen (secondary N) is 1. The van der Waals surface area contributed by atoms with Crippen LogP contribution in [0.3, 0.4) is 0 Å². The van der Waals surface area contributed by atoms with E-state index < -0.39 is 5.97 Å². The minimum Gasteiger partial charge on any atom is -0.463 e. The first-order valence-electron chi connectivity index (χ1n) is 5.53. The second kappa shape index (κ2) is 5.50. The number of hydrogen-bond acceptors (Lipinski definition) is 5. The van der Waals surface area contributed by atoms with Crippen LogP contribution in [-0.4, -0.2) is 22.9 Å². The van der Waals surface area contributed by atoms with Crippen molar-refractivity contribution in [1.82, 2.24) is 15.1 Å². The van der Waals surface area contributed by atoms with Crippen LogP contribution in [0.1, 0.15) is 21.7 Å². The van der Waals surface area contributed by atoms with Gasteiger partial charge in [-0.3, -0.25) is 4.68 Å². The van der Waals surface area contributed by atoms with Crippen LogP contribution in [0.5, 0.6) is 0 Å². The smallest absolute Gasteiger partial charge is 0.374 e. The molecule has 0 saturated carbocycles. The van der Waals surface area contributed by atoms with Gasteiger partial charge in [0.05, 0.1) is 19.6 Å². The van der Waals surface area contributed by atoms with Crippen molar-refractivity contribution in [1.29, 1.82) is 0 Å². The van der Waals surface area contributed by atoms with E-state index in [2.05, 4.69) is 15.2 Å². The number of carbonyl (C=O) groups is 1. The van der Waals surface area contributed by atoms with Crippen LogP contribution >= 0.6 is 0 Å². The maximum atomic E-state index is 11.4. The summed E-state index contributed by atoms with van der Waals surface area (Å²) in [7, 11) is 3.20. The second-order valence-corrected chi connectivity index (χ2v) is 3.89. The molecular weight excluding hydrogens is 234 g/mol. The number of aromatic nitrogens is 2. The standard InChI is InChI=1S/C12H15N3O3/c1-15-8-9(6-14-15)5-13-7-10-3-4-18-11(10)12(16)17-2/h3-4,6,8,13H,5,7H2,1-2H3. The van der Waals surface area contributed by atoms with Crippen LogP contribution in [0.2, 0.25) is 0 Å². The highest BCUT2D eigenvalue weighted by Gasteiger charge is 2.15. The van der Waals surface area contributed by atoms with Crippen molar-refractivity contribution in [2.45, 2.75) is 13.1 Å². The summed E-state index contributed by atoms with van der Waals surface area (Å²) in [6.45, 7) is 1.22. The molecule has 1 N–H and O–H groups in total. The van der Waals surface area contributed by atoms with Crippen LogP contribution in [0.15, 0.2) is 29.1 Å². The lowest BCUT2D eigenvalue weighted by Crippen LogP contribution is -2.14. The number of rotatable bonds is 5. The van der Waals surface area contributed by atoms with Crippen LogP contribution in [0.25, 0.3) is 0 Å². The Bertz CT molecular complexity index is 530. The summed E-state index contributed by atoms with van der Waals surface area (Å²) < 4.78 is 11.5. The molecular formula is C12H15N3O3. The molecule has 0 atom stereocenters. The van der Waals surface area contributed by atoms with Gasteiger partial charge in [-0.2, -0.15) is 5.10 Å². The predicted molar refractivity (Wildman–Crippen MR) is 63.8 cm³/mol. The number of nitrogens with zero attached hydrogens (tertiary/aromatic N) is 2. The molecule has 6 nitrogen and oxygen atoms in total. The SMILES string of the molecule is COC(=O)c1occc1CNCc1cnn(C)c1. The summed E-state index contributed by atoms with van der Waals surface area (Å²) in [6, 6.07) is 1.75. The number of carbonyl (C=O) groups excluding carboxylic acids is 1. The van der Waals surface area contributed by atoms with Crippen molar-refractivity contribution in [3.05, 3.63) is 41.6 Å². The second-order valence-electron chi connectivity index (χ2n) is 3.89. The first-order valence-corrected chi connectivity index (χ1v) is 5.53. The Hall–Kier alpha value is -2.08. The monoisotopic (exact) mass is 249 g/mol. The predicted octanol–water partition coefficient (Wildman–Crippen LogP) is 1.09. The van der Waals surface area contributed by atoms with E-state index in [1.807, 2.05) is 13.2 Å². The summed E-state index contributed by atoms with van der Waals surface area (Å²) in [6.07, 6.45) is 5.21. The average Bonchev–Trinajstić information content (AvgIpc) is 2.98. The lowest BCUT2D eigenvalue weighted by Gasteiger charge is -2.02. The number of esters is 1. The first-order chi connectivity index (χ1) is 8.70. The fraction of sp³-hybridized carbons (Fsp3) is 0.333. The molecule has 0 aliphatic carbocycles. The van der Waals surface area contributed by atoms with Gasteiger partial charge in [0.2, 0.25) is 5.76 Å². The number of ether oxygens (including phenoxy) is 1. The highest BCUT2D eigenvalue weighted by Crippen LogP contribution is 2.11. The summed E-state index contributed by atoms with van der Waals surface area (Å²) in [5.41, 5.74) is 1.87. The molecule has 6 heteroatoms. The number of furan rings is 1. The number of hydrogen-bond donors (Lipinski definition) is 1. The third kappa shape index (κ3) is 2.78. The van der Waals surface area contributed by atoms with Crippen molar-refractivity contribution in [2.75, 3.05) is 7.11 Å². The zero-order valence-electron chi connectivity index (χ0n) is 10.3. The Morgan fingerprint density at radius 3 is 3.06 bits per heavy atom. The van der Waals surface area contributed by atoms with Gasteiger partial charge in [-0.25, -0.2) is 4.79 Å². The Labute approximate surface area is 105 Å². The molecule has 0 aromatic carbocycles. The minimum absolute atomic E-state index is 0.246. The maximum Gasteiger partial charge on any atom is 0.374 e. The zero-order chi connectivity index (χ0) is 13.0. The fourth-order valence-corrected chi connectivity index (χ4v) is 1.65. The molecule has 0 aliphatic rings. The molecule has 0 bridgehead atoms. The quantitative estimate of drug-likeness (QED) is 0.803. The van der Waals surface area contributed by atoms with Gasteiger partial charge in [-0.05, 0) is 6.07 Å². The molecule has 2 rings (SSSR count). The van der Waals surface area contributed by atoms with E-state index in [9.17, 15) is 4.79 Å². The van der Waals surface area contributed by atoms with Crippen LogP contribution < -0.4 is 5.32 Å². The Balaban J connectivity index is 1.90. The van der Waals surface area contributed by atoms with E-state index in [1.54, 1.807) is 16.9 Å². The minimum atomic E-state index is -0.460. The van der Waals surface area contributed by atoms with Gasteiger partial charge in [0.25, 0.3) is 0 Å². The molecule has 18 heavy (non-hydrogen) atoms. The van der Waals surface area contributed by atoms with Gasteiger partial charge in [0, 0.05) is 37.5 Å². The molecule has 0 amide bonds. The van der Waals surface area contributed by atoms with Crippen LogP contribution in [0.4, 0.5) is 0 Å². The highest BCUT2D eigenvalue weighted by atomic mass is 16.5. The molecule has 96 valence electrons. The van der Waals surface area contributed by atoms with Gasteiger partial charge in [0.1, 0.15) is 0 Å². The van der Waals surface area contributed by atoms with E-state index in [0.717, 1.165) is 11.1 Å². The van der Waals surface area contributed by atoms with Gasteiger partial charge >= 0.3 is 5.97 Å². The van der Waals surface area contributed by atoms with Crippen molar-refractivity contribution < 1.29 is 13.9 Å². The molecule has 0 aliphatic heterocycles. The zero-order valence-corrected chi connectivity index (χ0v) is 10.3. The van der Waals surface area contributed by atoms with Crippen LogP contribution in [0, 0.1) is 0 Å². The van der Waals surface area contributed by atoms with E-state index in [0.29, 0.717) is 13.1 Å². The van der Waals surface area contributed by atoms with Gasteiger partial charge < -0.3 is 14.5 Å². The molecule has 2 aromatic rings. The molecule has 0 spiro atoms. The van der Waals surface area contributed by atoms with Crippen molar-refractivity contribution >= 4 is 5.97 Å². The third-order valence-corrected chi connectivity index (χ3v) is 2.52. The average molecular weight is 249 g/mol. The molecule has 0 saturated heterocycles. The van der Waals surface area contributed by atoms with E-state index in [-0.39, 0.29) is 5.76 Å². The largest absolute Gasteiger partial charge is 0.463 e. The van der Waals surface area contributed by atoms with Gasteiger partial charge in [-0.15, -0.1) is 0 Å². The Kier molecular flexibility index (Phi) is 3.78. The van der Waals surface area contributed by atoms with E-state index in [1.165, 1.54) is 13.4 Å². The topological polar surface area (TPSA) is 69.3 Å². The normalized spacial score (nSPS) is 10.6. The molecule has 0 unspecified atom stereocenters. The first kappa shape index (κ1) is 12.4. The molecule has 0 fully saturated rings.